The van der Waals surface area contributed by atoms with E-state index >= 15 is 0 Å². The number of aliphatic hydroxyl groups is 4. The van der Waals surface area contributed by atoms with Gasteiger partial charge in [-0.15, -0.1) is 0 Å². The van der Waals surface area contributed by atoms with E-state index in [9.17, 15) is 20.4 Å². The summed E-state index contributed by atoms with van der Waals surface area (Å²) in [5, 5.41) is 39.0. The zero-order chi connectivity index (χ0) is 22.5. The van der Waals surface area contributed by atoms with Crippen molar-refractivity contribution in [2.24, 2.45) is 5.41 Å². The van der Waals surface area contributed by atoms with Crippen molar-refractivity contribution in [3.8, 4) is 0 Å². The summed E-state index contributed by atoms with van der Waals surface area (Å²) >= 11 is 0. The number of hydrogen-bond acceptors (Lipinski definition) is 6. The number of rotatable bonds is 8. The Balaban J connectivity index is 1.87. The normalized spacial score (nSPS) is 33.9. The van der Waals surface area contributed by atoms with Crippen LogP contribution in [0.5, 0.6) is 0 Å². The van der Waals surface area contributed by atoms with Crippen molar-refractivity contribution >= 4 is 0 Å². The number of ether oxygens (including phenoxy) is 2. The molecule has 6 heteroatoms. The first-order valence-corrected chi connectivity index (χ1v) is 11.1. The van der Waals surface area contributed by atoms with E-state index in [-0.39, 0.29) is 6.10 Å². The van der Waals surface area contributed by atoms with Crippen molar-refractivity contribution < 1.29 is 29.9 Å². The van der Waals surface area contributed by atoms with Gasteiger partial charge in [0.15, 0.2) is 6.29 Å². The van der Waals surface area contributed by atoms with E-state index in [0.717, 1.165) is 12.8 Å². The van der Waals surface area contributed by atoms with E-state index in [2.05, 4.69) is 33.8 Å². The van der Waals surface area contributed by atoms with Crippen molar-refractivity contribution in [3.63, 3.8) is 0 Å². The van der Waals surface area contributed by atoms with E-state index in [1.165, 1.54) is 24.8 Å². The van der Waals surface area contributed by atoms with Gasteiger partial charge in [0, 0.05) is 0 Å². The summed E-state index contributed by atoms with van der Waals surface area (Å²) in [5.41, 5.74) is 4.74. The average molecular weight is 425 g/mol. The Labute approximate surface area is 180 Å². The highest BCUT2D eigenvalue weighted by Gasteiger charge is 2.44. The lowest BCUT2D eigenvalue weighted by Gasteiger charge is -2.40. The summed E-state index contributed by atoms with van der Waals surface area (Å²) in [6.45, 7) is 10.4. The molecule has 0 bridgehead atoms. The molecule has 4 N–H and O–H groups in total. The van der Waals surface area contributed by atoms with Crippen LogP contribution in [-0.2, 0) is 9.47 Å². The molecule has 0 radical (unpaired) electrons. The first-order valence-electron chi connectivity index (χ1n) is 11.1. The third kappa shape index (κ3) is 6.49. The fourth-order valence-electron chi connectivity index (χ4n) is 4.45. The largest absolute Gasteiger partial charge is 0.394 e. The zero-order valence-corrected chi connectivity index (χ0v) is 19.0. The number of allylic oxidation sites excluding steroid dienone is 5. The van der Waals surface area contributed by atoms with Gasteiger partial charge in [0.25, 0.3) is 0 Å². The molecule has 0 aromatic rings. The van der Waals surface area contributed by atoms with Crippen LogP contribution in [-0.4, -0.2) is 63.8 Å². The molecule has 0 aromatic carbocycles. The van der Waals surface area contributed by atoms with Crippen LogP contribution in [0.3, 0.4) is 0 Å². The molecule has 1 aliphatic carbocycles. The van der Waals surface area contributed by atoms with Gasteiger partial charge in [-0.3, -0.25) is 0 Å². The molecule has 2 aliphatic rings. The topological polar surface area (TPSA) is 99.4 Å². The fraction of sp³-hybridized carbons (Fsp3) is 0.750. The second-order valence-electron chi connectivity index (χ2n) is 9.43. The molecular formula is C24H40O6. The van der Waals surface area contributed by atoms with Gasteiger partial charge in [0.05, 0.1) is 12.7 Å². The molecule has 1 heterocycles. The maximum atomic E-state index is 10.1. The van der Waals surface area contributed by atoms with Crippen molar-refractivity contribution in [2.45, 2.75) is 104 Å². The summed E-state index contributed by atoms with van der Waals surface area (Å²) in [6.07, 6.45) is 5.06. The number of hydrogen-bond donors (Lipinski definition) is 4. The summed E-state index contributed by atoms with van der Waals surface area (Å²) < 4.78 is 11.0. The predicted molar refractivity (Wildman–Crippen MR) is 117 cm³/mol. The van der Waals surface area contributed by atoms with Crippen molar-refractivity contribution in [3.05, 3.63) is 34.9 Å². The Kier molecular flexibility index (Phi) is 9.28. The minimum atomic E-state index is -1.43. The Morgan fingerprint density at radius 2 is 1.93 bits per heavy atom. The maximum absolute atomic E-state index is 10.1. The van der Waals surface area contributed by atoms with Crippen LogP contribution in [0.4, 0.5) is 0 Å². The average Bonchev–Trinajstić information content (AvgIpc) is 2.67. The van der Waals surface area contributed by atoms with E-state index < -0.39 is 37.3 Å². The lowest BCUT2D eigenvalue weighted by Crippen LogP contribution is -2.59. The van der Waals surface area contributed by atoms with Gasteiger partial charge in [0.2, 0.25) is 0 Å². The fourth-order valence-corrected chi connectivity index (χ4v) is 4.45. The van der Waals surface area contributed by atoms with Crippen LogP contribution in [0.15, 0.2) is 34.9 Å². The molecule has 0 aromatic heterocycles. The van der Waals surface area contributed by atoms with Crippen LogP contribution in [0, 0.1) is 5.41 Å². The third-order valence-electron chi connectivity index (χ3n) is 6.42. The SMILES string of the molecule is CC(=CC=CC(C)OC1O[C@H](CO)[C@@H](O)[C@H](O)[C@H]1O)CCC1=C(C)CCCC1(C)C. The molecule has 1 fully saturated rings. The van der Waals surface area contributed by atoms with Gasteiger partial charge in [0.1, 0.15) is 24.4 Å². The van der Waals surface area contributed by atoms with E-state index in [1.807, 2.05) is 12.2 Å². The lowest BCUT2D eigenvalue weighted by molar-refractivity contribution is -0.306. The van der Waals surface area contributed by atoms with Crippen LogP contribution in [0.25, 0.3) is 0 Å². The van der Waals surface area contributed by atoms with Crippen molar-refractivity contribution in [2.75, 3.05) is 6.61 Å². The molecule has 0 amide bonds. The molecule has 30 heavy (non-hydrogen) atoms. The van der Waals surface area contributed by atoms with Gasteiger partial charge in [-0.25, -0.2) is 0 Å². The van der Waals surface area contributed by atoms with Crippen LogP contribution in [0.2, 0.25) is 0 Å². The summed E-state index contributed by atoms with van der Waals surface area (Å²) in [6, 6.07) is 0. The van der Waals surface area contributed by atoms with Gasteiger partial charge in [-0.1, -0.05) is 48.8 Å². The highest BCUT2D eigenvalue weighted by molar-refractivity contribution is 5.24. The van der Waals surface area contributed by atoms with Gasteiger partial charge in [-0.2, -0.15) is 0 Å². The summed E-state index contributed by atoms with van der Waals surface area (Å²) in [4.78, 5) is 0. The quantitative estimate of drug-likeness (QED) is 0.353. The third-order valence-corrected chi connectivity index (χ3v) is 6.42. The van der Waals surface area contributed by atoms with E-state index in [4.69, 9.17) is 9.47 Å². The van der Waals surface area contributed by atoms with Gasteiger partial charge in [-0.05, 0) is 58.3 Å². The Hall–Kier alpha value is -1.02. The monoisotopic (exact) mass is 424 g/mol. The Morgan fingerprint density at radius 1 is 1.23 bits per heavy atom. The Morgan fingerprint density at radius 3 is 2.57 bits per heavy atom. The Bertz CT molecular complexity index is 648. The molecule has 2 unspecified atom stereocenters. The molecule has 172 valence electrons. The summed E-state index contributed by atoms with van der Waals surface area (Å²) in [7, 11) is 0. The van der Waals surface area contributed by atoms with Crippen LogP contribution in [0.1, 0.15) is 66.7 Å². The van der Waals surface area contributed by atoms with E-state index in [0.29, 0.717) is 5.41 Å². The molecule has 1 aliphatic heterocycles. The standard InChI is InChI=1S/C24H40O6/c1-15(11-12-18-16(2)9-7-13-24(18,4)5)8-6-10-17(3)29-23-22(28)21(27)20(26)19(14-25)30-23/h6,8,10,17,19-23,25-28H,7,9,11-14H2,1-5H3/t17?,19-,20-,21+,22-,23?/m1/s1. The first-order chi connectivity index (χ1) is 14.1. The maximum Gasteiger partial charge on any atom is 0.187 e. The molecule has 0 saturated carbocycles. The van der Waals surface area contributed by atoms with Crippen molar-refractivity contribution in [1.82, 2.24) is 0 Å². The molecule has 0 spiro atoms. The number of aliphatic hydroxyl groups excluding tert-OH is 4. The van der Waals surface area contributed by atoms with Crippen molar-refractivity contribution in [1.29, 1.82) is 0 Å². The minimum absolute atomic E-state index is 0.298. The van der Waals surface area contributed by atoms with Crippen LogP contribution < -0.4 is 0 Å². The van der Waals surface area contributed by atoms with Gasteiger partial charge < -0.3 is 29.9 Å². The summed E-state index contributed by atoms with van der Waals surface area (Å²) in [5.74, 6) is 0. The lowest BCUT2D eigenvalue weighted by atomic mass is 9.71. The predicted octanol–water partition coefficient (Wildman–Crippen LogP) is 3.00. The molecule has 2 rings (SSSR count). The zero-order valence-electron chi connectivity index (χ0n) is 19.0. The molecule has 1 saturated heterocycles. The van der Waals surface area contributed by atoms with Crippen LogP contribution >= 0.6 is 0 Å². The highest BCUT2D eigenvalue weighted by atomic mass is 16.7. The molecular weight excluding hydrogens is 384 g/mol. The first kappa shape index (κ1) is 25.2. The van der Waals surface area contributed by atoms with Gasteiger partial charge >= 0.3 is 0 Å². The smallest absolute Gasteiger partial charge is 0.187 e. The molecule has 6 atom stereocenters. The minimum Gasteiger partial charge on any atom is -0.394 e. The van der Waals surface area contributed by atoms with E-state index in [1.54, 1.807) is 18.1 Å². The highest BCUT2D eigenvalue weighted by Crippen LogP contribution is 2.42. The second kappa shape index (κ2) is 11.0. The second-order valence-corrected chi connectivity index (χ2v) is 9.43. The molecule has 6 nitrogen and oxygen atoms in total.